The van der Waals surface area contributed by atoms with Gasteiger partial charge in [0.1, 0.15) is 5.15 Å². The first-order valence-corrected chi connectivity index (χ1v) is 9.58. The van der Waals surface area contributed by atoms with Crippen LogP contribution >= 0.6 is 11.6 Å². The van der Waals surface area contributed by atoms with Crippen molar-refractivity contribution in [3.05, 3.63) is 83.2 Å². The zero-order valence-corrected chi connectivity index (χ0v) is 17.2. The van der Waals surface area contributed by atoms with E-state index in [1.54, 1.807) is 25.1 Å². The number of halogens is 4. The normalized spacial score (nSPS) is 11.4. The van der Waals surface area contributed by atoms with E-state index in [0.717, 1.165) is 6.07 Å². The van der Waals surface area contributed by atoms with Gasteiger partial charge in [0, 0.05) is 29.2 Å². The minimum Gasteiger partial charge on any atom is -0.321 e. The number of nitrogens with one attached hydrogen (secondary N) is 1. The van der Waals surface area contributed by atoms with Crippen molar-refractivity contribution < 1.29 is 18.0 Å². The van der Waals surface area contributed by atoms with Crippen LogP contribution in [0.25, 0.3) is 17.1 Å². The lowest BCUT2D eigenvalue weighted by Gasteiger charge is -2.10. The van der Waals surface area contributed by atoms with Crippen molar-refractivity contribution in [1.29, 1.82) is 0 Å². The van der Waals surface area contributed by atoms with Crippen molar-refractivity contribution in [2.45, 2.75) is 13.1 Å². The Kier molecular flexibility index (Phi) is 5.62. The van der Waals surface area contributed by atoms with Gasteiger partial charge in [0.05, 0.1) is 17.6 Å². The third-order valence-corrected chi connectivity index (χ3v) is 4.56. The maximum absolute atomic E-state index is 13.6. The van der Waals surface area contributed by atoms with Crippen LogP contribution in [0.2, 0.25) is 5.15 Å². The molecule has 0 atom stereocenters. The molecular weight excluding hydrogens is 445 g/mol. The Bertz CT molecular complexity index is 1250. The standard InChI is InChI=1S/C21H14ClF3N6O/c1-12-7-14(8-18(22)28-12)20(32)29-15-4-5-19(27-11-15)31-17(21(23,24)25)9-16(30-31)13-3-2-6-26-10-13/h2-11H,1H3,(H,29,32). The Hall–Kier alpha value is -3.79. The van der Waals surface area contributed by atoms with E-state index in [9.17, 15) is 18.0 Å². The molecule has 4 rings (SSSR count). The summed E-state index contributed by atoms with van der Waals surface area (Å²) in [6.45, 7) is 1.70. The molecule has 1 N–H and O–H groups in total. The number of hydrogen-bond acceptors (Lipinski definition) is 5. The summed E-state index contributed by atoms with van der Waals surface area (Å²) in [5.41, 5.74) is 0.708. The molecule has 0 aliphatic heterocycles. The maximum atomic E-state index is 13.6. The van der Waals surface area contributed by atoms with Crippen LogP contribution in [0.15, 0.2) is 61.1 Å². The fourth-order valence-electron chi connectivity index (χ4n) is 2.96. The molecule has 0 unspecified atom stereocenters. The zero-order chi connectivity index (χ0) is 22.9. The molecule has 0 aliphatic carbocycles. The van der Waals surface area contributed by atoms with Gasteiger partial charge in [-0.15, -0.1) is 0 Å². The second-order valence-electron chi connectivity index (χ2n) is 6.75. The van der Waals surface area contributed by atoms with E-state index in [0.29, 0.717) is 21.5 Å². The fraction of sp³-hybridized carbons (Fsp3) is 0.0952. The highest BCUT2D eigenvalue weighted by Gasteiger charge is 2.36. The zero-order valence-electron chi connectivity index (χ0n) is 16.4. The first-order valence-electron chi connectivity index (χ1n) is 9.20. The molecule has 0 aromatic carbocycles. The van der Waals surface area contributed by atoms with Crippen molar-refractivity contribution in [2.24, 2.45) is 0 Å². The number of aryl methyl sites for hydroxylation is 1. The van der Waals surface area contributed by atoms with Crippen LogP contribution in [0.3, 0.4) is 0 Å². The molecule has 162 valence electrons. The van der Waals surface area contributed by atoms with E-state index in [-0.39, 0.29) is 22.4 Å². The number of carbonyl (C=O) groups is 1. The van der Waals surface area contributed by atoms with Crippen LogP contribution in [0.4, 0.5) is 18.9 Å². The minimum atomic E-state index is -4.65. The molecular formula is C21H14ClF3N6O. The lowest BCUT2D eigenvalue weighted by molar-refractivity contribution is -0.142. The number of rotatable bonds is 4. The number of aromatic nitrogens is 5. The van der Waals surface area contributed by atoms with Gasteiger partial charge in [-0.1, -0.05) is 11.6 Å². The monoisotopic (exact) mass is 458 g/mol. The molecule has 4 heterocycles. The van der Waals surface area contributed by atoms with Gasteiger partial charge in [0.15, 0.2) is 11.5 Å². The lowest BCUT2D eigenvalue weighted by Crippen LogP contribution is -2.15. The highest BCUT2D eigenvalue weighted by atomic mass is 35.5. The average Bonchev–Trinajstić information content (AvgIpc) is 3.20. The molecule has 4 aromatic rings. The van der Waals surface area contributed by atoms with Gasteiger partial charge >= 0.3 is 6.18 Å². The lowest BCUT2D eigenvalue weighted by atomic mass is 10.2. The smallest absolute Gasteiger partial charge is 0.321 e. The molecule has 1 amide bonds. The predicted octanol–water partition coefficient (Wildman–Crippen LogP) is 4.96. The highest BCUT2D eigenvalue weighted by Crippen LogP contribution is 2.33. The molecule has 0 spiro atoms. The number of hydrogen-bond donors (Lipinski definition) is 1. The molecule has 32 heavy (non-hydrogen) atoms. The van der Waals surface area contributed by atoms with Gasteiger partial charge < -0.3 is 5.32 Å². The Morgan fingerprint density at radius 1 is 1.12 bits per heavy atom. The highest BCUT2D eigenvalue weighted by molar-refractivity contribution is 6.29. The summed E-state index contributed by atoms with van der Waals surface area (Å²) in [6, 6.07) is 9.88. The van der Waals surface area contributed by atoms with Crippen molar-refractivity contribution in [3.63, 3.8) is 0 Å². The van der Waals surface area contributed by atoms with Crippen molar-refractivity contribution in [2.75, 3.05) is 5.32 Å². The van der Waals surface area contributed by atoms with Gasteiger partial charge in [0.2, 0.25) is 0 Å². The average molecular weight is 459 g/mol. The van der Waals surface area contributed by atoms with Crippen LogP contribution in [-0.2, 0) is 6.18 Å². The molecule has 0 saturated carbocycles. The molecule has 7 nitrogen and oxygen atoms in total. The van der Waals surface area contributed by atoms with Gasteiger partial charge in [-0.2, -0.15) is 18.3 Å². The molecule has 0 aliphatic rings. The first-order chi connectivity index (χ1) is 15.2. The van der Waals surface area contributed by atoms with Gasteiger partial charge in [-0.25, -0.2) is 14.6 Å². The molecule has 0 bridgehead atoms. The van der Waals surface area contributed by atoms with E-state index in [1.807, 2.05) is 0 Å². The summed E-state index contributed by atoms with van der Waals surface area (Å²) in [4.78, 5) is 24.4. The molecule has 4 aromatic heterocycles. The predicted molar refractivity (Wildman–Crippen MR) is 112 cm³/mol. The largest absolute Gasteiger partial charge is 0.433 e. The Labute approximate surface area is 184 Å². The number of pyridine rings is 3. The Morgan fingerprint density at radius 3 is 2.56 bits per heavy atom. The quantitative estimate of drug-likeness (QED) is 0.437. The third-order valence-electron chi connectivity index (χ3n) is 4.36. The molecule has 0 fully saturated rings. The first kappa shape index (κ1) is 21.4. The molecule has 0 saturated heterocycles. The SMILES string of the molecule is Cc1cc(C(=O)Nc2ccc(-n3nc(-c4cccnc4)cc3C(F)(F)F)nc2)cc(Cl)n1. The van der Waals surface area contributed by atoms with Crippen LogP contribution < -0.4 is 5.32 Å². The number of anilines is 1. The van der Waals surface area contributed by atoms with Crippen molar-refractivity contribution in [1.82, 2.24) is 24.7 Å². The summed E-state index contributed by atoms with van der Waals surface area (Å²) in [5.74, 6) is -0.519. The number of amides is 1. The summed E-state index contributed by atoms with van der Waals surface area (Å²) < 4.78 is 41.5. The molecule has 11 heteroatoms. The third kappa shape index (κ3) is 4.59. The Balaban J connectivity index is 1.62. The van der Waals surface area contributed by atoms with Gasteiger partial charge in [-0.05, 0) is 49.4 Å². The second-order valence-corrected chi connectivity index (χ2v) is 7.13. The fourth-order valence-corrected chi connectivity index (χ4v) is 3.21. The van der Waals surface area contributed by atoms with Crippen molar-refractivity contribution in [3.8, 4) is 17.1 Å². The van der Waals surface area contributed by atoms with Crippen LogP contribution in [-0.4, -0.2) is 30.6 Å². The van der Waals surface area contributed by atoms with E-state index < -0.39 is 17.8 Å². The van der Waals surface area contributed by atoms with Crippen LogP contribution in [0, 0.1) is 6.92 Å². The molecule has 0 radical (unpaired) electrons. The minimum absolute atomic E-state index is 0.0618. The van der Waals surface area contributed by atoms with E-state index in [2.05, 4.69) is 25.4 Å². The number of carbonyl (C=O) groups excluding carboxylic acids is 1. The summed E-state index contributed by atoms with van der Waals surface area (Å²) in [5, 5.41) is 6.85. The van der Waals surface area contributed by atoms with Crippen LogP contribution in [0.1, 0.15) is 21.7 Å². The van der Waals surface area contributed by atoms with E-state index >= 15 is 0 Å². The topological polar surface area (TPSA) is 85.6 Å². The Morgan fingerprint density at radius 2 is 1.94 bits per heavy atom. The van der Waals surface area contributed by atoms with E-state index in [1.165, 1.54) is 36.8 Å². The van der Waals surface area contributed by atoms with Gasteiger partial charge in [-0.3, -0.25) is 9.78 Å². The van der Waals surface area contributed by atoms with Crippen molar-refractivity contribution >= 4 is 23.2 Å². The second kappa shape index (κ2) is 8.39. The van der Waals surface area contributed by atoms with Crippen LogP contribution in [0.5, 0.6) is 0 Å². The van der Waals surface area contributed by atoms with E-state index in [4.69, 9.17) is 11.6 Å². The van der Waals surface area contributed by atoms with Gasteiger partial charge in [0.25, 0.3) is 5.91 Å². The number of nitrogens with zero attached hydrogens (tertiary/aromatic N) is 5. The summed E-state index contributed by atoms with van der Waals surface area (Å²) in [6.07, 6.45) is -0.470. The summed E-state index contributed by atoms with van der Waals surface area (Å²) >= 11 is 5.87. The number of alkyl halides is 3. The maximum Gasteiger partial charge on any atom is 0.433 e. The summed E-state index contributed by atoms with van der Waals surface area (Å²) in [7, 11) is 0.